The molecule has 0 aromatic carbocycles. The second-order valence-corrected chi connectivity index (χ2v) is 4.13. The number of carbonyl (C=O) groups excluding carboxylic acids is 2. The third kappa shape index (κ3) is 3.88. The minimum Gasteiger partial charge on any atom is -0.480 e. The molecule has 0 aromatic rings. The number of rotatable bonds is 3. The topological polar surface area (TPSA) is 119 Å². The number of aliphatic hydroxyl groups is 1. The van der Waals surface area contributed by atoms with Crippen LogP contribution in [0.3, 0.4) is 0 Å². The Kier molecular flexibility index (Phi) is 4.90. The minimum atomic E-state index is -1.39. The summed E-state index contributed by atoms with van der Waals surface area (Å²) < 4.78 is 0. The van der Waals surface area contributed by atoms with Gasteiger partial charge in [-0.25, -0.2) is 9.59 Å². The number of aliphatic hydroxyl groups excluding tert-OH is 1. The van der Waals surface area contributed by atoms with Crippen LogP contribution < -0.4 is 10.6 Å². The molecule has 0 spiro atoms. The fraction of sp³-hybridized carbons (Fsp3) is 0.700. The predicted molar refractivity (Wildman–Crippen MR) is 60.8 cm³/mol. The summed E-state index contributed by atoms with van der Waals surface area (Å²) in [6.45, 7) is 2.00. The molecule has 1 rings (SSSR count). The van der Waals surface area contributed by atoms with Gasteiger partial charge in [0.25, 0.3) is 0 Å². The normalized spacial score (nSPS) is 19.4. The molecule has 0 aliphatic carbocycles. The number of aliphatic carboxylic acids is 1. The number of carbonyl (C=O) groups is 3. The number of hydrogen-bond donors (Lipinski definition) is 4. The van der Waals surface area contributed by atoms with E-state index in [0.29, 0.717) is 19.5 Å². The third-order valence-corrected chi connectivity index (χ3v) is 2.58. The van der Waals surface area contributed by atoms with E-state index >= 15 is 0 Å². The van der Waals surface area contributed by atoms with E-state index in [0.717, 1.165) is 0 Å². The average Bonchev–Trinajstić information content (AvgIpc) is 2.49. The first-order valence-electron chi connectivity index (χ1n) is 5.65. The van der Waals surface area contributed by atoms with Gasteiger partial charge in [-0.3, -0.25) is 4.79 Å². The monoisotopic (exact) mass is 259 g/mol. The van der Waals surface area contributed by atoms with Crippen molar-refractivity contribution in [2.75, 3.05) is 19.6 Å². The van der Waals surface area contributed by atoms with Crippen molar-refractivity contribution < 1.29 is 24.6 Å². The van der Waals surface area contributed by atoms with Crippen molar-refractivity contribution >= 4 is 17.9 Å². The molecule has 1 aliphatic heterocycles. The summed E-state index contributed by atoms with van der Waals surface area (Å²) in [5, 5.41) is 22.9. The van der Waals surface area contributed by atoms with E-state index in [2.05, 4.69) is 10.6 Å². The van der Waals surface area contributed by atoms with Gasteiger partial charge in [-0.1, -0.05) is 0 Å². The van der Waals surface area contributed by atoms with Crippen molar-refractivity contribution in [3.63, 3.8) is 0 Å². The molecule has 1 saturated heterocycles. The van der Waals surface area contributed by atoms with Gasteiger partial charge in [-0.15, -0.1) is 0 Å². The van der Waals surface area contributed by atoms with E-state index in [-0.39, 0.29) is 12.5 Å². The van der Waals surface area contributed by atoms with Crippen molar-refractivity contribution in [2.24, 2.45) is 0 Å². The lowest BCUT2D eigenvalue weighted by atomic mass is 10.2. The van der Waals surface area contributed by atoms with Gasteiger partial charge in [0.1, 0.15) is 6.54 Å². The van der Waals surface area contributed by atoms with E-state index in [1.54, 1.807) is 0 Å². The number of carboxylic acid groups (broad SMARTS) is 1. The Morgan fingerprint density at radius 2 is 2.17 bits per heavy atom. The maximum Gasteiger partial charge on any atom is 0.328 e. The fourth-order valence-corrected chi connectivity index (χ4v) is 1.59. The SMILES string of the molecule is CC(O)C(NC(=O)N1CCCNC(=O)C1)C(=O)O. The molecule has 0 bridgehead atoms. The van der Waals surface area contributed by atoms with E-state index in [1.807, 2.05) is 0 Å². The molecule has 102 valence electrons. The molecule has 18 heavy (non-hydrogen) atoms. The lowest BCUT2D eigenvalue weighted by Crippen LogP contribution is -2.53. The standard InChI is InChI=1S/C10H17N3O5/c1-6(14)8(9(16)17)12-10(18)13-4-2-3-11-7(15)5-13/h6,8,14H,2-5H2,1H3,(H,11,15)(H,12,18)(H,16,17). The zero-order valence-corrected chi connectivity index (χ0v) is 10.0. The van der Waals surface area contributed by atoms with Gasteiger partial charge in [0.05, 0.1) is 6.10 Å². The van der Waals surface area contributed by atoms with Crippen LogP contribution in [0.4, 0.5) is 4.79 Å². The van der Waals surface area contributed by atoms with Gasteiger partial charge < -0.3 is 25.7 Å². The van der Waals surface area contributed by atoms with Gasteiger partial charge in [0.15, 0.2) is 6.04 Å². The van der Waals surface area contributed by atoms with Crippen molar-refractivity contribution in [2.45, 2.75) is 25.5 Å². The number of amides is 3. The highest BCUT2D eigenvalue weighted by molar-refractivity contribution is 5.87. The van der Waals surface area contributed by atoms with Crippen LogP contribution in [-0.4, -0.2) is 64.8 Å². The third-order valence-electron chi connectivity index (χ3n) is 2.58. The van der Waals surface area contributed by atoms with Gasteiger partial charge >= 0.3 is 12.0 Å². The second-order valence-electron chi connectivity index (χ2n) is 4.13. The molecule has 8 nitrogen and oxygen atoms in total. The number of nitrogens with one attached hydrogen (secondary N) is 2. The van der Waals surface area contributed by atoms with Gasteiger partial charge in [0, 0.05) is 13.1 Å². The fourth-order valence-electron chi connectivity index (χ4n) is 1.59. The number of urea groups is 1. The van der Waals surface area contributed by atoms with E-state index < -0.39 is 24.1 Å². The number of nitrogens with zero attached hydrogens (tertiary/aromatic N) is 1. The second kappa shape index (κ2) is 6.20. The molecule has 2 unspecified atom stereocenters. The Morgan fingerprint density at radius 3 is 2.72 bits per heavy atom. The van der Waals surface area contributed by atoms with Crippen molar-refractivity contribution in [1.29, 1.82) is 0 Å². The summed E-state index contributed by atoms with van der Waals surface area (Å²) in [5.74, 6) is -1.61. The molecule has 2 atom stereocenters. The average molecular weight is 259 g/mol. The summed E-state index contributed by atoms with van der Waals surface area (Å²) in [6, 6.07) is -2.05. The maximum absolute atomic E-state index is 11.8. The van der Waals surface area contributed by atoms with Crippen LogP contribution in [0.2, 0.25) is 0 Å². The first-order chi connectivity index (χ1) is 8.41. The Balaban J connectivity index is 2.62. The van der Waals surface area contributed by atoms with E-state index in [1.165, 1.54) is 11.8 Å². The molecule has 0 radical (unpaired) electrons. The summed E-state index contributed by atoms with van der Waals surface area (Å²) in [6.07, 6.45) is -0.613. The Labute approximate surface area is 104 Å². The lowest BCUT2D eigenvalue weighted by Gasteiger charge is -2.23. The van der Waals surface area contributed by atoms with Gasteiger partial charge in [0.2, 0.25) is 5.91 Å². The molecule has 0 aromatic heterocycles. The molecular weight excluding hydrogens is 242 g/mol. The number of carboxylic acids is 1. The molecule has 4 N–H and O–H groups in total. The smallest absolute Gasteiger partial charge is 0.328 e. The van der Waals surface area contributed by atoms with Gasteiger partial charge in [-0.2, -0.15) is 0 Å². The largest absolute Gasteiger partial charge is 0.480 e. The summed E-state index contributed by atoms with van der Waals surface area (Å²) in [5.41, 5.74) is 0. The highest BCUT2D eigenvalue weighted by atomic mass is 16.4. The van der Waals surface area contributed by atoms with Crippen LogP contribution in [0.25, 0.3) is 0 Å². The van der Waals surface area contributed by atoms with Crippen LogP contribution >= 0.6 is 0 Å². The van der Waals surface area contributed by atoms with E-state index in [4.69, 9.17) is 5.11 Å². The first-order valence-corrected chi connectivity index (χ1v) is 5.65. The van der Waals surface area contributed by atoms with Crippen LogP contribution in [0.15, 0.2) is 0 Å². The lowest BCUT2D eigenvalue weighted by molar-refractivity contribution is -0.141. The molecule has 1 fully saturated rings. The summed E-state index contributed by atoms with van der Waals surface area (Å²) in [7, 11) is 0. The van der Waals surface area contributed by atoms with Crippen LogP contribution in [0.1, 0.15) is 13.3 Å². The van der Waals surface area contributed by atoms with Crippen LogP contribution in [0, 0.1) is 0 Å². The van der Waals surface area contributed by atoms with E-state index in [9.17, 15) is 19.5 Å². The molecule has 1 heterocycles. The zero-order valence-electron chi connectivity index (χ0n) is 10.0. The predicted octanol–water partition coefficient (Wildman–Crippen LogP) is -1.65. The van der Waals surface area contributed by atoms with Crippen molar-refractivity contribution in [3.8, 4) is 0 Å². The molecular formula is C10H17N3O5. The minimum absolute atomic E-state index is 0.113. The first kappa shape index (κ1) is 14.2. The Hall–Kier alpha value is -1.83. The summed E-state index contributed by atoms with van der Waals surface area (Å²) in [4.78, 5) is 35.1. The molecule has 0 saturated carbocycles. The highest BCUT2D eigenvalue weighted by Gasteiger charge is 2.28. The van der Waals surface area contributed by atoms with Crippen molar-refractivity contribution in [3.05, 3.63) is 0 Å². The van der Waals surface area contributed by atoms with Crippen LogP contribution in [-0.2, 0) is 9.59 Å². The Morgan fingerprint density at radius 1 is 1.50 bits per heavy atom. The quantitative estimate of drug-likeness (QED) is 0.484. The highest BCUT2D eigenvalue weighted by Crippen LogP contribution is 2.00. The van der Waals surface area contributed by atoms with Crippen molar-refractivity contribution in [1.82, 2.24) is 15.5 Å². The number of hydrogen-bond acceptors (Lipinski definition) is 4. The molecule has 3 amide bonds. The van der Waals surface area contributed by atoms with Gasteiger partial charge in [-0.05, 0) is 13.3 Å². The summed E-state index contributed by atoms with van der Waals surface area (Å²) >= 11 is 0. The molecule has 8 heteroatoms. The Bertz CT molecular complexity index is 344. The molecule has 1 aliphatic rings. The maximum atomic E-state index is 11.8. The zero-order chi connectivity index (χ0) is 13.7. The van der Waals surface area contributed by atoms with Crippen LogP contribution in [0.5, 0.6) is 0 Å².